The highest BCUT2D eigenvalue weighted by Crippen LogP contribution is 2.61. The van der Waals surface area contributed by atoms with Crippen LogP contribution in [-0.4, -0.2) is 0 Å². The Kier molecular flexibility index (Phi) is 9.56. The third-order valence-corrected chi connectivity index (χ3v) is 14.9. The summed E-state index contributed by atoms with van der Waals surface area (Å²) >= 11 is 0. The molecule has 2 nitrogen and oxygen atoms in total. The smallest absolute Gasteiger partial charge is 0.0461 e. The van der Waals surface area contributed by atoms with Crippen LogP contribution in [0.15, 0.2) is 164 Å². The Morgan fingerprint density at radius 1 is 0.421 bits per heavy atom. The number of anilines is 6. The molecule has 0 amide bonds. The molecule has 5 aliphatic carbocycles. The molecule has 11 rings (SSSR count). The van der Waals surface area contributed by atoms with Crippen LogP contribution in [0.4, 0.5) is 34.1 Å². The van der Waals surface area contributed by atoms with Crippen LogP contribution in [0.2, 0.25) is 0 Å². The summed E-state index contributed by atoms with van der Waals surface area (Å²) in [6.07, 6.45) is 13.6. The van der Waals surface area contributed by atoms with Crippen molar-refractivity contribution in [3.63, 3.8) is 0 Å². The van der Waals surface area contributed by atoms with Crippen molar-refractivity contribution in [2.24, 2.45) is 29.6 Å². The fourth-order valence-corrected chi connectivity index (χ4v) is 12.5. The zero-order chi connectivity index (χ0) is 38.4. The monoisotopic (exact) mass is 746 g/mol. The summed E-state index contributed by atoms with van der Waals surface area (Å²) in [4.78, 5) is 4.84. The van der Waals surface area contributed by atoms with Gasteiger partial charge in [-0.15, -0.1) is 0 Å². The van der Waals surface area contributed by atoms with Crippen LogP contribution in [0.25, 0.3) is 0 Å². The van der Waals surface area contributed by atoms with Crippen LogP contribution in [0.1, 0.15) is 94.7 Å². The molecular weight excluding hydrogens is 689 g/mol. The first-order valence-electron chi connectivity index (χ1n) is 22.0. The maximum atomic E-state index is 2.50. The summed E-state index contributed by atoms with van der Waals surface area (Å²) < 4.78 is 0. The molecule has 6 aromatic carbocycles. The summed E-state index contributed by atoms with van der Waals surface area (Å²) in [5, 5.41) is 0. The van der Waals surface area contributed by atoms with Gasteiger partial charge in [-0.25, -0.2) is 0 Å². The van der Waals surface area contributed by atoms with E-state index < -0.39 is 0 Å². The average Bonchev–Trinajstić information content (AvgIpc) is 3.25. The first-order valence-corrected chi connectivity index (χ1v) is 22.0. The highest BCUT2D eigenvalue weighted by Gasteiger charge is 2.51. The molecule has 6 aromatic rings. The van der Waals surface area contributed by atoms with Crippen molar-refractivity contribution in [1.82, 2.24) is 0 Å². The number of para-hydroxylation sites is 3. The van der Waals surface area contributed by atoms with Gasteiger partial charge in [0, 0.05) is 39.5 Å². The molecular formula is C55H58N2. The van der Waals surface area contributed by atoms with Crippen LogP contribution in [-0.2, 0) is 10.8 Å². The van der Waals surface area contributed by atoms with E-state index in [-0.39, 0.29) is 5.41 Å². The van der Waals surface area contributed by atoms with Gasteiger partial charge >= 0.3 is 0 Å². The first kappa shape index (κ1) is 36.3. The van der Waals surface area contributed by atoms with Crippen LogP contribution < -0.4 is 9.80 Å². The van der Waals surface area contributed by atoms with E-state index in [1.54, 1.807) is 5.56 Å². The van der Waals surface area contributed by atoms with Crippen LogP contribution in [0.3, 0.4) is 0 Å². The van der Waals surface area contributed by atoms with Crippen molar-refractivity contribution >= 4 is 34.1 Å². The van der Waals surface area contributed by atoms with Gasteiger partial charge in [-0.1, -0.05) is 118 Å². The van der Waals surface area contributed by atoms with Gasteiger partial charge in [0.2, 0.25) is 0 Å². The van der Waals surface area contributed by atoms with Crippen molar-refractivity contribution in [3.05, 3.63) is 180 Å². The fourth-order valence-electron chi connectivity index (χ4n) is 12.5. The normalized spacial score (nSPS) is 26.4. The van der Waals surface area contributed by atoms with E-state index in [0.29, 0.717) is 17.3 Å². The molecule has 0 saturated heterocycles. The molecule has 2 atom stereocenters. The average molecular weight is 747 g/mol. The van der Waals surface area contributed by atoms with Gasteiger partial charge in [0.1, 0.15) is 0 Å². The fraction of sp³-hybridized carbons (Fsp3) is 0.345. The molecule has 0 aliphatic heterocycles. The predicted octanol–water partition coefficient (Wildman–Crippen LogP) is 15.2. The number of benzene rings is 6. The summed E-state index contributed by atoms with van der Waals surface area (Å²) in [7, 11) is 0. The minimum atomic E-state index is -0.0361. The molecule has 5 fully saturated rings. The molecule has 4 bridgehead atoms. The number of rotatable bonds is 10. The summed E-state index contributed by atoms with van der Waals surface area (Å²) in [5.74, 6) is 4.21. The van der Waals surface area contributed by atoms with Gasteiger partial charge in [0.25, 0.3) is 0 Å². The highest BCUT2D eigenvalue weighted by atomic mass is 15.1. The van der Waals surface area contributed by atoms with Gasteiger partial charge in [-0.05, 0) is 176 Å². The Labute approximate surface area is 341 Å². The van der Waals surface area contributed by atoms with Gasteiger partial charge in [0.15, 0.2) is 0 Å². The lowest BCUT2D eigenvalue weighted by molar-refractivity contribution is -0.00518. The quantitative estimate of drug-likeness (QED) is 0.138. The largest absolute Gasteiger partial charge is 0.311 e. The molecule has 2 unspecified atom stereocenters. The molecule has 57 heavy (non-hydrogen) atoms. The van der Waals surface area contributed by atoms with Gasteiger partial charge in [-0.3, -0.25) is 0 Å². The molecule has 0 heterocycles. The first-order chi connectivity index (χ1) is 28.0. The second-order valence-electron chi connectivity index (χ2n) is 18.7. The third kappa shape index (κ3) is 6.79. The Morgan fingerprint density at radius 2 is 0.772 bits per heavy atom. The van der Waals surface area contributed by atoms with E-state index in [4.69, 9.17) is 0 Å². The summed E-state index contributed by atoms with van der Waals surface area (Å²) in [5.41, 5.74) is 12.0. The Hall–Kier alpha value is -5.08. The molecule has 0 radical (unpaired) electrons. The molecule has 0 aromatic heterocycles. The zero-order valence-corrected chi connectivity index (χ0v) is 33.9. The zero-order valence-electron chi connectivity index (χ0n) is 33.9. The third-order valence-electron chi connectivity index (χ3n) is 14.9. The number of hydrogen-bond acceptors (Lipinski definition) is 2. The van der Waals surface area contributed by atoms with Crippen molar-refractivity contribution in [2.45, 2.75) is 88.9 Å². The summed E-state index contributed by atoms with van der Waals surface area (Å²) in [6, 6.07) is 61.6. The van der Waals surface area contributed by atoms with Gasteiger partial charge < -0.3 is 9.80 Å². The lowest BCUT2D eigenvalue weighted by Crippen LogP contribution is -2.48. The van der Waals surface area contributed by atoms with E-state index in [9.17, 15) is 0 Å². The van der Waals surface area contributed by atoms with E-state index in [0.717, 1.165) is 17.8 Å². The van der Waals surface area contributed by atoms with Crippen LogP contribution in [0, 0.1) is 29.6 Å². The Balaban J connectivity index is 0.996. The topological polar surface area (TPSA) is 6.48 Å². The molecule has 5 aliphatic rings. The minimum Gasteiger partial charge on any atom is -0.311 e. The van der Waals surface area contributed by atoms with Crippen molar-refractivity contribution in [1.29, 1.82) is 0 Å². The molecule has 0 N–H and O–H groups in total. The van der Waals surface area contributed by atoms with E-state index in [1.165, 1.54) is 109 Å². The van der Waals surface area contributed by atoms with Crippen molar-refractivity contribution < 1.29 is 0 Å². The second-order valence-corrected chi connectivity index (χ2v) is 18.7. The SMILES string of the molecule is CC(C)C1CCCC(c2ccc(N(c3ccccc3)c3ccccc3)cc2)(c2ccc(N(c3ccccc3)c3ccc(C45CC6CC(CC(C6)C4)C5)cc3)cc2)C1. The van der Waals surface area contributed by atoms with Gasteiger partial charge in [0.05, 0.1) is 0 Å². The van der Waals surface area contributed by atoms with E-state index in [1.807, 2.05) is 0 Å². The standard InChI is InChI=1S/C55H58N2/c1-40(2)44-13-12-32-55(39-44,46-22-28-52(29-23-46)56(48-14-6-3-7-15-48)49-16-8-4-9-17-49)47-24-30-53(31-25-47)57(50-18-10-5-11-19-50)51-26-20-45(21-27-51)54-36-41-33-42(37-54)35-43(34-41)38-54/h3-11,14-31,40-44H,12-13,32-39H2,1-2H3. The second kappa shape index (κ2) is 15.0. The van der Waals surface area contributed by atoms with E-state index in [2.05, 4.69) is 187 Å². The van der Waals surface area contributed by atoms with E-state index >= 15 is 0 Å². The Bertz CT molecular complexity index is 2170. The van der Waals surface area contributed by atoms with Gasteiger partial charge in [-0.2, -0.15) is 0 Å². The molecule has 0 spiro atoms. The number of nitrogens with zero attached hydrogens (tertiary/aromatic N) is 2. The molecule has 5 saturated carbocycles. The lowest BCUT2D eigenvalue weighted by Gasteiger charge is -2.57. The predicted molar refractivity (Wildman–Crippen MR) is 240 cm³/mol. The minimum absolute atomic E-state index is 0.0361. The van der Waals surface area contributed by atoms with Crippen molar-refractivity contribution in [2.75, 3.05) is 9.80 Å². The molecule has 288 valence electrons. The Morgan fingerprint density at radius 3 is 1.14 bits per heavy atom. The maximum absolute atomic E-state index is 2.50. The van der Waals surface area contributed by atoms with Crippen LogP contribution >= 0.6 is 0 Å². The highest BCUT2D eigenvalue weighted by molar-refractivity contribution is 5.78. The van der Waals surface area contributed by atoms with Crippen LogP contribution in [0.5, 0.6) is 0 Å². The van der Waals surface area contributed by atoms with Crippen molar-refractivity contribution in [3.8, 4) is 0 Å². The summed E-state index contributed by atoms with van der Waals surface area (Å²) in [6.45, 7) is 4.85. The molecule has 2 heteroatoms. The lowest BCUT2D eigenvalue weighted by atomic mass is 9.48. The maximum Gasteiger partial charge on any atom is 0.0461 e. The number of hydrogen-bond donors (Lipinski definition) is 0.